The van der Waals surface area contributed by atoms with E-state index < -0.39 is 11.4 Å². The first-order valence-electron chi connectivity index (χ1n) is 7.68. The molecule has 0 radical (unpaired) electrons. The Morgan fingerprint density at radius 1 is 1.19 bits per heavy atom. The van der Waals surface area contributed by atoms with Gasteiger partial charge in [-0.05, 0) is 55.2 Å². The van der Waals surface area contributed by atoms with Gasteiger partial charge in [0, 0.05) is 5.41 Å². The van der Waals surface area contributed by atoms with Gasteiger partial charge in [-0.25, -0.2) is 4.39 Å². The number of hydrogen-bond donors (Lipinski definition) is 2. The molecule has 1 aromatic carbocycles. The fourth-order valence-electron chi connectivity index (χ4n) is 4.74. The lowest BCUT2D eigenvalue weighted by Gasteiger charge is -2.54. The Morgan fingerprint density at radius 2 is 1.76 bits per heavy atom. The number of aliphatic hydroxyl groups excluding tert-OH is 1. The van der Waals surface area contributed by atoms with E-state index in [1.807, 2.05) is 0 Å². The van der Waals surface area contributed by atoms with Crippen molar-refractivity contribution in [2.24, 2.45) is 11.8 Å². The van der Waals surface area contributed by atoms with Gasteiger partial charge in [0.2, 0.25) is 0 Å². The van der Waals surface area contributed by atoms with Gasteiger partial charge in [-0.15, -0.1) is 0 Å². The molecule has 114 valence electrons. The van der Waals surface area contributed by atoms with Gasteiger partial charge in [0.15, 0.2) is 0 Å². The first-order valence-corrected chi connectivity index (χ1v) is 7.68. The predicted octanol–water partition coefficient (Wildman–Crippen LogP) is 3.11. The van der Waals surface area contributed by atoms with Crippen LogP contribution in [0.3, 0.4) is 0 Å². The fourth-order valence-corrected chi connectivity index (χ4v) is 4.74. The van der Waals surface area contributed by atoms with E-state index in [4.69, 9.17) is 0 Å². The summed E-state index contributed by atoms with van der Waals surface area (Å²) >= 11 is 0. The average Bonchev–Trinajstić information content (AvgIpc) is 2.40. The van der Waals surface area contributed by atoms with E-state index in [2.05, 4.69) is 0 Å². The highest BCUT2D eigenvalue weighted by molar-refractivity contribution is 5.69. The lowest BCUT2D eigenvalue weighted by molar-refractivity contribution is -0.142. The van der Waals surface area contributed by atoms with Gasteiger partial charge in [0.05, 0.1) is 12.5 Å². The summed E-state index contributed by atoms with van der Waals surface area (Å²) in [5.74, 6) is -0.777. The molecule has 21 heavy (non-hydrogen) atoms. The van der Waals surface area contributed by atoms with E-state index in [0.29, 0.717) is 12.8 Å². The molecule has 0 saturated heterocycles. The summed E-state index contributed by atoms with van der Waals surface area (Å²) in [6.07, 6.45) is 4.02. The highest BCUT2D eigenvalue weighted by Gasteiger charge is 2.53. The molecule has 4 heteroatoms. The molecule has 0 heterocycles. The molecular formula is C17H21FO3. The zero-order valence-electron chi connectivity index (χ0n) is 12.0. The fraction of sp³-hybridized carbons (Fsp3) is 0.588. The lowest BCUT2D eigenvalue weighted by atomic mass is 9.50. The number of hydrogen-bond acceptors (Lipinski definition) is 2. The topological polar surface area (TPSA) is 57.5 Å². The van der Waals surface area contributed by atoms with E-state index in [9.17, 15) is 19.4 Å². The number of carbonyl (C=O) groups is 1. The maximum absolute atomic E-state index is 13.2. The second kappa shape index (κ2) is 5.41. The largest absolute Gasteiger partial charge is 0.481 e. The molecule has 2 aliphatic carbocycles. The van der Waals surface area contributed by atoms with Gasteiger partial charge in [-0.1, -0.05) is 18.6 Å². The lowest BCUT2D eigenvalue weighted by Crippen LogP contribution is -2.52. The molecule has 0 amide bonds. The maximum Gasteiger partial charge on any atom is 0.304 e. The van der Waals surface area contributed by atoms with Crippen LogP contribution in [-0.2, 0) is 10.2 Å². The zero-order chi connectivity index (χ0) is 15.0. The van der Waals surface area contributed by atoms with Gasteiger partial charge in [-0.2, -0.15) is 0 Å². The average molecular weight is 292 g/mol. The van der Waals surface area contributed by atoms with Crippen LogP contribution in [0.5, 0.6) is 0 Å². The Kier molecular flexibility index (Phi) is 3.74. The molecule has 2 unspecified atom stereocenters. The van der Waals surface area contributed by atoms with Gasteiger partial charge in [-0.3, -0.25) is 4.79 Å². The second-order valence-corrected chi connectivity index (χ2v) is 6.57. The van der Waals surface area contributed by atoms with Gasteiger partial charge in [0.1, 0.15) is 5.82 Å². The number of fused-ring (bicyclic) bond motifs is 2. The minimum Gasteiger partial charge on any atom is -0.481 e. The van der Waals surface area contributed by atoms with Crippen molar-refractivity contribution in [2.45, 2.75) is 50.0 Å². The highest BCUT2D eigenvalue weighted by atomic mass is 19.1. The molecule has 2 N–H and O–H groups in total. The minimum atomic E-state index is -0.812. The van der Waals surface area contributed by atoms with Crippen molar-refractivity contribution in [3.8, 4) is 0 Å². The van der Waals surface area contributed by atoms with Crippen LogP contribution in [0.25, 0.3) is 0 Å². The molecule has 2 aliphatic rings. The molecule has 2 bridgehead atoms. The van der Waals surface area contributed by atoms with Crippen LogP contribution in [0, 0.1) is 17.7 Å². The van der Waals surface area contributed by atoms with Crippen molar-refractivity contribution < 1.29 is 19.4 Å². The normalized spacial score (nSPS) is 35.4. The molecule has 3 nitrogen and oxygen atoms in total. The van der Waals surface area contributed by atoms with Gasteiger partial charge in [0.25, 0.3) is 0 Å². The van der Waals surface area contributed by atoms with E-state index in [1.165, 1.54) is 12.1 Å². The van der Waals surface area contributed by atoms with Crippen molar-refractivity contribution >= 4 is 5.97 Å². The Morgan fingerprint density at radius 3 is 2.29 bits per heavy atom. The van der Waals surface area contributed by atoms with Crippen LogP contribution in [0.1, 0.15) is 44.1 Å². The van der Waals surface area contributed by atoms with Crippen LogP contribution in [-0.4, -0.2) is 22.3 Å². The first-order chi connectivity index (χ1) is 10.0. The van der Waals surface area contributed by atoms with Crippen LogP contribution in [0.2, 0.25) is 0 Å². The molecule has 0 aliphatic heterocycles. The number of halogens is 1. The van der Waals surface area contributed by atoms with Crippen LogP contribution < -0.4 is 0 Å². The smallest absolute Gasteiger partial charge is 0.304 e. The third kappa shape index (κ3) is 2.46. The SMILES string of the molecule is O=C(O)C[C@]1(c2ccc(F)cc2)C2CCCC1C[C@@H](O)C2. The zero-order valence-corrected chi connectivity index (χ0v) is 12.0. The summed E-state index contributed by atoms with van der Waals surface area (Å²) in [6, 6.07) is 6.31. The van der Waals surface area contributed by atoms with Crippen molar-refractivity contribution in [1.29, 1.82) is 0 Å². The van der Waals surface area contributed by atoms with E-state index >= 15 is 0 Å². The molecule has 0 aromatic heterocycles. The van der Waals surface area contributed by atoms with E-state index in [0.717, 1.165) is 24.8 Å². The van der Waals surface area contributed by atoms with Gasteiger partial charge >= 0.3 is 5.97 Å². The number of rotatable bonds is 3. The predicted molar refractivity (Wildman–Crippen MR) is 76.4 cm³/mol. The van der Waals surface area contributed by atoms with Crippen molar-refractivity contribution in [3.05, 3.63) is 35.6 Å². The summed E-state index contributed by atoms with van der Waals surface area (Å²) in [6.45, 7) is 0. The minimum absolute atomic E-state index is 0.0701. The van der Waals surface area contributed by atoms with E-state index in [1.54, 1.807) is 12.1 Å². The number of aliphatic hydroxyl groups is 1. The Hall–Kier alpha value is -1.42. The molecule has 0 spiro atoms. The number of carboxylic acids is 1. The standard InChI is InChI=1S/C17H21FO3/c18-14-6-4-11(5-7-14)17(10-16(20)21)12-2-1-3-13(17)9-15(19)8-12/h4-7,12-13,15,19H,1-3,8-10H2,(H,20,21)/t12?,13?,15-,17-. The number of carboxylic acid groups (broad SMARTS) is 1. The van der Waals surface area contributed by atoms with Crippen LogP contribution in [0.4, 0.5) is 4.39 Å². The Bertz CT molecular complexity index is 511. The summed E-state index contributed by atoms with van der Waals surface area (Å²) in [5.41, 5.74) is 0.477. The molecule has 3 rings (SSSR count). The summed E-state index contributed by atoms with van der Waals surface area (Å²) in [4.78, 5) is 11.5. The monoisotopic (exact) mass is 292 g/mol. The van der Waals surface area contributed by atoms with Gasteiger partial charge < -0.3 is 10.2 Å². The quantitative estimate of drug-likeness (QED) is 0.900. The van der Waals surface area contributed by atoms with E-state index in [-0.39, 0.29) is 30.2 Å². The highest BCUT2D eigenvalue weighted by Crippen LogP contribution is 2.56. The number of benzene rings is 1. The molecule has 1 aromatic rings. The van der Waals surface area contributed by atoms with Crippen LogP contribution >= 0.6 is 0 Å². The molecule has 2 fully saturated rings. The van der Waals surface area contributed by atoms with Crippen LogP contribution in [0.15, 0.2) is 24.3 Å². The summed E-state index contributed by atoms with van der Waals surface area (Å²) < 4.78 is 13.2. The third-order valence-corrected chi connectivity index (χ3v) is 5.50. The van der Waals surface area contributed by atoms with Crippen molar-refractivity contribution in [2.75, 3.05) is 0 Å². The third-order valence-electron chi connectivity index (χ3n) is 5.50. The second-order valence-electron chi connectivity index (χ2n) is 6.57. The Balaban J connectivity index is 2.08. The maximum atomic E-state index is 13.2. The Labute approximate surface area is 123 Å². The number of aliphatic carboxylic acids is 1. The molecular weight excluding hydrogens is 271 g/mol. The van der Waals surface area contributed by atoms with Crippen molar-refractivity contribution in [3.63, 3.8) is 0 Å². The molecule has 2 saturated carbocycles. The summed E-state index contributed by atoms with van der Waals surface area (Å²) in [5, 5.41) is 19.5. The first kappa shape index (κ1) is 14.5. The van der Waals surface area contributed by atoms with Crippen molar-refractivity contribution in [1.82, 2.24) is 0 Å². The molecule has 2 atom stereocenters. The summed E-state index contributed by atoms with van der Waals surface area (Å²) in [7, 11) is 0.